The molecule has 2 aliphatic heterocycles. The summed E-state index contributed by atoms with van der Waals surface area (Å²) < 4.78 is 22.8. The number of carbonyl (C=O) groups is 5. The molecule has 68 heavy (non-hydrogen) atoms. The maximum atomic E-state index is 13.4. The van der Waals surface area contributed by atoms with Crippen molar-refractivity contribution in [2.45, 2.75) is 109 Å². The molecular weight excluding hydrogens is 863 g/mol. The number of nitrogens with one attached hydrogen (secondary N) is 1. The second-order valence-corrected chi connectivity index (χ2v) is 20.9. The largest absolute Gasteiger partial charge is 0.382 e. The molecule has 5 amide bonds. The van der Waals surface area contributed by atoms with Gasteiger partial charge in [0.15, 0.2) is 0 Å². The van der Waals surface area contributed by atoms with Crippen molar-refractivity contribution in [3.63, 3.8) is 0 Å². The van der Waals surface area contributed by atoms with Crippen LogP contribution < -0.4 is 5.32 Å². The van der Waals surface area contributed by atoms with Gasteiger partial charge in [0.2, 0.25) is 11.8 Å². The highest BCUT2D eigenvalue weighted by Crippen LogP contribution is 2.69. The van der Waals surface area contributed by atoms with Gasteiger partial charge in [-0.25, -0.2) is 0 Å². The quantitative estimate of drug-likeness (QED) is 0.0938. The molecule has 4 aliphatic carbocycles. The van der Waals surface area contributed by atoms with Crippen molar-refractivity contribution in [2.24, 2.45) is 34.5 Å². The molecule has 4 saturated carbocycles. The second-order valence-electron chi connectivity index (χ2n) is 20.9. The highest BCUT2D eigenvalue weighted by molar-refractivity contribution is 6.25. The maximum Gasteiger partial charge on any atom is 0.264 e. The minimum absolute atomic E-state index is 0.0911. The summed E-state index contributed by atoms with van der Waals surface area (Å²) in [6, 6.07) is 13.5. The fraction of sp³-hybridized carbons (Fsp3) is 0.630. The predicted octanol–water partition coefficient (Wildman–Crippen LogP) is 7.50. The molecule has 0 bridgehead atoms. The van der Waals surface area contributed by atoms with Crippen LogP contribution in [0.25, 0.3) is 10.8 Å². The van der Waals surface area contributed by atoms with E-state index in [-0.39, 0.29) is 35.8 Å². The molecule has 3 unspecified atom stereocenters. The fourth-order valence-electron chi connectivity index (χ4n) is 13.9. The Morgan fingerprint density at radius 2 is 1.50 bits per heavy atom. The first-order chi connectivity index (χ1) is 32.9. The van der Waals surface area contributed by atoms with Gasteiger partial charge in [-0.15, -0.1) is 0 Å². The Hall–Kier alpha value is -4.76. The van der Waals surface area contributed by atoms with Crippen LogP contribution in [0.2, 0.25) is 0 Å². The number of rotatable bonds is 19. The molecule has 2 aromatic carbocycles. The number of nitrogens with zero attached hydrogens (tertiary/aromatic N) is 4. The van der Waals surface area contributed by atoms with Crippen molar-refractivity contribution in [3.05, 3.63) is 71.5 Å². The Morgan fingerprint density at radius 3 is 2.28 bits per heavy atom. The van der Waals surface area contributed by atoms with Gasteiger partial charge in [0.25, 0.3) is 17.7 Å². The van der Waals surface area contributed by atoms with Crippen molar-refractivity contribution in [3.8, 4) is 0 Å². The summed E-state index contributed by atoms with van der Waals surface area (Å²) in [6.07, 6.45) is 15.9. The highest BCUT2D eigenvalue weighted by Gasteiger charge is 2.60. The smallest absolute Gasteiger partial charge is 0.264 e. The number of benzene rings is 2. The number of carbonyl (C=O) groups excluding carboxylic acids is 5. The topological polar surface area (TPSA) is 157 Å². The van der Waals surface area contributed by atoms with Gasteiger partial charge in [0.05, 0.1) is 70.4 Å². The summed E-state index contributed by atoms with van der Waals surface area (Å²) in [5.74, 6) is 1.93. The molecule has 6 aliphatic rings. The Morgan fingerprint density at radius 1 is 0.779 bits per heavy atom. The lowest BCUT2D eigenvalue weighted by Crippen LogP contribution is -2.55. The highest BCUT2D eigenvalue weighted by atomic mass is 16.6. The Balaban J connectivity index is 0.611. The van der Waals surface area contributed by atoms with E-state index in [0.29, 0.717) is 100 Å². The molecule has 5 fully saturated rings. The molecule has 0 spiro atoms. The summed E-state index contributed by atoms with van der Waals surface area (Å²) in [5, 5.41) is 5.71. The van der Waals surface area contributed by atoms with Gasteiger partial charge in [-0.3, -0.25) is 38.8 Å². The Kier molecular flexibility index (Phi) is 14.7. The SMILES string of the molecule is CN1C(=O)CCC(N2C(=O)c3cccc(NCCOCCOCCOCCOCCC(=O)N(C)[C@H]4CC[C@]5(C)C6CC[C@]7(C)[C@@H](c8ccc9ccncc9c8)CC[C@H]7C6CC[C@H]5C4)c3C2=O)C1=O. The third-order valence-electron chi connectivity index (χ3n) is 17.7. The van der Waals surface area contributed by atoms with Crippen molar-refractivity contribution >= 4 is 46.0 Å². The number of pyridine rings is 1. The van der Waals surface area contributed by atoms with E-state index < -0.39 is 23.8 Å². The van der Waals surface area contributed by atoms with Crippen LogP contribution in [0.15, 0.2) is 54.9 Å². The van der Waals surface area contributed by atoms with Gasteiger partial charge in [-0.05, 0) is 140 Å². The molecule has 1 N–H and O–H groups in total. The van der Waals surface area contributed by atoms with E-state index in [0.717, 1.165) is 40.4 Å². The van der Waals surface area contributed by atoms with Crippen LogP contribution >= 0.6 is 0 Å². The number of piperidine rings is 1. The van der Waals surface area contributed by atoms with E-state index in [2.05, 4.69) is 48.4 Å². The van der Waals surface area contributed by atoms with E-state index in [1.54, 1.807) is 18.2 Å². The van der Waals surface area contributed by atoms with Crippen molar-refractivity contribution in [1.82, 2.24) is 19.7 Å². The van der Waals surface area contributed by atoms with E-state index in [1.807, 2.05) is 24.3 Å². The molecular formula is C54H71N5O9. The lowest BCUT2D eigenvalue weighted by Gasteiger charge is -2.61. The Labute approximate surface area is 401 Å². The standard InChI is InChI=1S/C54H71N5O9/c1-53-20-16-39(33-38(53)10-11-40-43-13-12-42(54(43,2)21-17-44(40)53)36-9-8-35-18-22-55-34-37(35)32-36)57(3)48(61)19-24-65-26-28-67-30-31-68-29-27-66-25-23-56-45-7-5-6-41-49(45)52(64)59(50(41)62)46-14-15-47(60)58(4)51(46)63/h5-9,18,22,32,34,38-40,42-44,46,56H,10-17,19-21,23-31,33H2,1-4H3/t38-,39-,40?,42+,43-,44?,46?,53-,54+/m0/s1. The summed E-state index contributed by atoms with van der Waals surface area (Å²) in [7, 11) is 3.38. The molecule has 9 rings (SSSR count). The van der Waals surface area contributed by atoms with E-state index in [4.69, 9.17) is 18.9 Å². The van der Waals surface area contributed by atoms with E-state index in [9.17, 15) is 24.0 Å². The molecule has 366 valence electrons. The number of imide groups is 2. The number of ether oxygens (including phenoxy) is 4. The monoisotopic (exact) mass is 934 g/mol. The molecule has 1 saturated heterocycles. The normalized spacial score (nSPS) is 30.0. The molecule has 14 nitrogen and oxygen atoms in total. The third-order valence-corrected chi connectivity index (χ3v) is 17.7. The van der Waals surface area contributed by atoms with Crippen molar-refractivity contribution in [1.29, 1.82) is 0 Å². The molecule has 14 heteroatoms. The zero-order valence-corrected chi connectivity index (χ0v) is 40.5. The first kappa shape index (κ1) is 48.3. The van der Waals surface area contributed by atoms with Crippen LogP contribution in [0, 0.1) is 34.5 Å². The van der Waals surface area contributed by atoms with Crippen LogP contribution in [0.3, 0.4) is 0 Å². The summed E-state index contributed by atoms with van der Waals surface area (Å²) in [4.78, 5) is 73.0. The summed E-state index contributed by atoms with van der Waals surface area (Å²) in [6.45, 7) is 8.78. The zero-order valence-electron chi connectivity index (χ0n) is 40.5. The van der Waals surface area contributed by atoms with Gasteiger partial charge < -0.3 is 29.2 Å². The molecule has 9 atom stereocenters. The molecule has 3 aromatic rings. The number of aromatic nitrogens is 1. The summed E-state index contributed by atoms with van der Waals surface area (Å²) >= 11 is 0. The predicted molar refractivity (Wildman–Crippen MR) is 257 cm³/mol. The van der Waals surface area contributed by atoms with Crippen molar-refractivity contribution < 1.29 is 42.9 Å². The average Bonchev–Trinajstić information content (AvgIpc) is 3.83. The van der Waals surface area contributed by atoms with Crippen LogP contribution in [-0.2, 0) is 33.3 Å². The minimum atomic E-state index is -0.998. The summed E-state index contributed by atoms with van der Waals surface area (Å²) in [5.41, 5.74) is 3.19. The number of likely N-dealkylation sites (N-methyl/N-ethyl adjacent to an activating group) is 1. The van der Waals surface area contributed by atoms with E-state index in [1.165, 1.54) is 68.3 Å². The number of amides is 5. The first-order valence-electron chi connectivity index (χ1n) is 25.4. The average molecular weight is 934 g/mol. The number of hydrogen-bond donors (Lipinski definition) is 1. The van der Waals surface area contributed by atoms with Crippen LogP contribution in [0.4, 0.5) is 5.69 Å². The lowest BCUT2D eigenvalue weighted by molar-refractivity contribution is -0.149. The van der Waals surface area contributed by atoms with Gasteiger partial charge in [0, 0.05) is 56.6 Å². The number of hydrogen-bond acceptors (Lipinski definition) is 11. The van der Waals surface area contributed by atoms with Gasteiger partial charge >= 0.3 is 0 Å². The second kappa shape index (κ2) is 20.7. The van der Waals surface area contributed by atoms with Gasteiger partial charge in [-0.2, -0.15) is 0 Å². The third kappa shape index (κ3) is 9.34. The molecule has 1 aromatic heterocycles. The number of fused-ring (bicyclic) bond motifs is 7. The van der Waals surface area contributed by atoms with Gasteiger partial charge in [-0.1, -0.05) is 32.0 Å². The van der Waals surface area contributed by atoms with Crippen LogP contribution in [0.5, 0.6) is 0 Å². The fourth-order valence-corrected chi connectivity index (χ4v) is 13.9. The molecule has 0 radical (unpaired) electrons. The van der Waals surface area contributed by atoms with Crippen LogP contribution in [-0.4, -0.2) is 135 Å². The maximum absolute atomic E-state index is 13.4. The van der Waals surface area contributed by atoms with E-state index >= 15 is 0 Å². The van der Waals surface area contributed by atoms with Crippen LogP contribution in [0.1, 0.15) is 123 Å². The number of likely N-dealkylation sites (tertiary alicyclic amines) is 1. The van der Waals surface area contributed by atoms with Gasteiger partial charge in [0.1, 0.15) is 6.04 Å². The first-order valence-corrected chi connectivity index (χ1v) is 25.4. The zero-order chi connectivity index (χ0) is 47.6. The molecule has 3 heterocycles. The van der Waals surface area contributed by atoms with Crippen molar-refractivity contribution in [2.75, 3.05) is 78.8 Å². The Bertz CT molecular complexity index is 2360. The number of anilines is 1. The lowest BCUT2D eigenvalue weighted by atomic mass is 9.44. The minimum Gasteiger partial charge on any atom is -0.382 e.